The van der Waals surface area contributed by atoms with E-state index in [4.69, 9.17) is 5.84 Å². The monoisotopic (exact) mass is 344 g/mol. The summed E-state index contributed by atoms with van der Waals surface area (Å²) in [7, 11) is 0. The van der Waals surface area contributed by atoms with Crippen LogP contribution in [0.3, 0.4) is 0 Å². The minimum atomic E-state index is 0.0944. The van der Waals surface area contributed by atoms with Crippen LogP contribution in [-0.4, -0.2) is 0 Å². The van der Waals surface area contributed by atoms with Crippen molar-refractivity contribution in [1.82, 2.24) is 5.43 Å². The van der Waals surface area contributed by atoms with Crippen LogP contribution in [0.15, 0.2) is 35.7 Å². The summed E-state index contributed by atoms with van der Waals surface area (Å²) in [5, 5.41) is 2.10. The number of nitrogens with one attached hydrogen (secondary N) is 1. The Bertz CT molecular complexity index is 464. The maximum Gasteiger partial charge on any atom is 0.0805 e. The average Bonchev–Trinajstić information content (AvgIpc) is 2.69. The van der Waals surface area contributed by atoms with Gasteiger partial charge in [0.1, 0.15) is 0 Å². The van der Waals surface area contributed by atoms with E-state index in [1.54, 1.807) is 11.3 Å². The Morgan fingerprint density at radius 3 is 2.44 bits per heavy atom. The number of hydrogen-bond acceptors (Lipinski definition) is 3. The molecule has 2 nitrogen and oxygen atoms in total. The van der Waals surface area contributed by atoms with Crippen LogP contribution >= 0.6 is 33.9 Å². The van der Waals surface area contributed by atoms with Crippen molar-refractivity contribution in [3.8, 4) is 0 Å². The van der Waals surface area contributed by atoms with Gasteiger partial charge in [0.2, 0.25) is 0 Å². The zero-order valence-electron chi connectivity index (χ0n) is 8.91. The third kappa shape index (κ3) is 2.45. The normalized spacial score (nSPS) is 12.7. The van der Waals surface area contributed by atoms with Crippen LogP contribution in [0.25, 0.3) is 0 Å². The Hall–Kier alpha value is -0.430. The topological polar surface area (TPSA) is 38.0 Å². The molecule has 1 atom stereocenters. The van der Waals surface area contributed by atoms with Crippen molar-refractivity contribution in [3.05, 3.63) is 55.3 Å². The first kappa shape index (κ1) is 12.0. The second-order valence-electron chi connectivity index (χ2n) is 3.62. The summed E-state index contributed by atoms with van der Waals surface area (Å²) in [5.41, 5.74) is 5.38. The minimum absolute atomic E-state index is 0.0944. The number of rotatable bonds is 3. The van der Waals surface area contributed by atoms with E-state index in [9.17, 15) is 0 Å². The molecule has 4 heteroatoms. The number of hydrazine groups is 1. The lowest BCUT2D eigenvalue weighted by molar-refractivity contribution is 0.644. The van der Waals surface area contributed by atoms with Crippen molar-refractivity contribution >= 4 is 33.9 Å². The molecule has 0 amide bonds. The second kappa shape index (κ2) is 5.27. The largest absolute Gasteiger partial charge is 0.271 e. The summed E-state index contributed by atoms with van der Waals surface area (Å²) in [6.45, 7) is 2.11. The van der Waals surface area contributed by atoms with Crippen molar-refractivity contribution in [3.63, 3.8) is 0 Å². The van der Waals surface area contributed by atoms with Gasteiger partial charge in [0.05, 0.1) is 6.04 Å². The molecule has 0 aliphatic carbocycles. The van der Waals surface area contributed by atoms with Crippen LogP contribution in [-0.2, 0) is 0 Å². The molecule has 2 rings (SSSR count). The minimum Gasteiger partial charge on any atom is -0.271 e. The fourth-order valence-electron chi connectivity index (χ4n) is 1.66. The van der Waals surface area contributed by atoms with Gasteiger partial charge in [-0.2, -0.15) is 0 Å². The molecule has 0 bridgehead atoms. The third-order valence-electron chi connectivity index (χ3n) is 2.53. The highest BCUT2D eigenvalue weighted by atomic mass is 127. The van der Waals surface area contributed by atoms with E-state index in [0.29, 0.717) is 0 Å². The molecular weight excluding hydrogens is 331 g/mol. The van der Waals surface area contributed by atoms with Gasteiger partial charge in [-0.3, -0.25) is 5.84 Å². The van der Waals surface area contributed by atoms with Crippen LogP contribution in [0.1, 0.15) is 22.0 Å². The van der Waals surface area contributed by atoms with Gasteiger partial charge in [0.25, 0.3) is 0 Å². The number of aryl methyl sites for hydroxylation is 1. The zero-order valence-corrected chi connectivity index (χ0v) is 11.9. The number of thiophene rings is 1. The Kier molecular flexibility index (Phi) is 3.96. The van der Waals surface area contributed by atoms with Gasteiger partial charge >= 0.3 is 0 Å². The fourth-order valence-corrected chi connectivity index (χ4v) is 3.03. The molecule has 16 heavy (non-hydrogen) atoms. The highest BCUT2D eigenvalue weighted by Crippen LogP contribution is 2.28. The van der Waals surface area contributed by atoms with Crippen molar-refractivity contribution < 1.29 is 0 Å². The quantitative estimate of drug-likeness (QED) is 0.510. The van der Waals surface area contributed by atoms with Gasteiger partial charge < -0.3 is 0 Å². The van der Waals surface area contributed by atoms with Gasteiger partial charge in [-0.15, -0.1) is 11.3 Å². The van der Waals surface area contributed by atoms with Crippen molar-refractivity contribution in [2.24, 2.45) is 5.84 Å². The molecule has 0 fully saturated rings. The highest BCUT2D eigenvalue weighted by molar-refractivity contribution is 14.1. The van der Waals surface area contributed by atoms with Crippen LogP contribution < -0.4 is 11.3 Å². The molecule has 2 aromatic rings. The van der Waals surface area contributed by atoms with Crippen molar-refractivity contribution in [1.29, 1.82) is 0 Å². The van der Waals surface area contributed by atoms with Crippen LogP contribution in [0, 0.1) is 10.5 Å². The average molecular weight is 344 g/mol. The lowest BCUT2D eigenvalue weighted by Crippen LogP contribution is -2.28. The lowest BCUT2D eigenvalue weighted by Gasteiger charge is -2.16. The van der Waals surface area contributed by atoms with E-state index in [1.807, 2.05) is 0 Å². The zero-order chi connectivity index (χ0) is 11.5. The van der Waals surface area contributed by atoms with E-state index in [0.717, 1.165) is 0 Å². The molecular formula is C12H13IN2S. The number of nitrogens with two attached hydrogens (primary N) is 1. The molecule has 1 aromatic heterocycles. The molecule has 0 aliphatic rings. The molecule has 3 N–H and O–H groups in total. The molecule has 0 spiro atoms. The van der Waals surface area contributed by atoms with Gasteiger partial charge in [-0.05, 0) is 64.2 Å². The summed E-state index contributed by atoms with van der Waals surface area (Å²) in [6, 6.07) is 10.7. The molecule has 0 saturated heterocycles. The first-order valence-electron chi connectivity index (χ1n) is 4.98. The van der Waals surface area contributed by atoms with E-state index < -0.39 is 0 Å². The van der Waals surface area contributed by atoms with E-state index >= 15 is 0 Å². The molecule has 0 radical (unpaired) electrons. The maximum absolute atomic E-state index is 5.66. The van der Waals surface area contributed by atoms with Crippen LogP contribution in [0.5, 0.6) is 0 Å². The maximum atomic E-state index is 5.66. The van der Waals surface area contributed by atoms with E-state index in [1.165, 1.54) is 19.6 Å². The summed E-state index contributed by atoms with van der Waals surface area (Å²) >= 11 is 4.04. The van der Waals surface area contributed by atoms with Gasteiger partial charge in [-0.1, -0.05) is 12.1 Å². The molecule has 1 unspecified atom stereocenters. The highest BCUT2D eigenvalue weighted by Gasteiger charge is 2.15. The molecule has 84 valence electrons. The Balaban J connectivity index is 2.37. The molecule has 1 heterocycles. The Morgan fingerprint density at radius 2 is 1.94 bits per heavy atom. The first-order valence-corrected chi connectivity index (χ1v) is 6.94. The Morgan fingerprint density at radius 1 is 1.25 bits per heavy atom. The summed E-state index contributed by atoms with van der Waals surface area (Å²) in [4.78, 5) is 1.28. The van der Waals surface area contributed by atoms with E-state index in [-0.39, 0.29) is 6.04 Å². The van der Waals surface area contributed by atoms with Gasteiger partial charge in [0.15, 0.2) is 0 Å². The van der Waals surface area contributed by atoms with Gasteiger partial charge in [-0.25, -0.2) is 5.43 Å². The standard InChI is InChI=1S/C12H13IN2S/c1-8-6-7-16-12(8)11(15-14)9-2-4-10(13)5-3-9/h2-7,11,15H,14H2,1H3. The van der Waals surface area contributed by atoms with Crippen molar-refractivity contribution in [2.45, 2.75) is 13.0 Å². The lowest BCUT2D eigenvalue weighted by atomic mass is 10.0. The van der Waals surface area contributed by atoms with Crippen LogP contribution in [0.4, 0.5) is 0 Å². The van der Waals surface area contributed by atoms with Gasteiger partial charge in [0, 0.05) is 8.45 Å². The fraction of sp³-hybridized carbons (Fsp3) is 0.167. The smallest absolute Gasteiger partial charge is 0.0805 e. The number of hydrogen-bond donors (Lipinski definition) is 2. The second-order valence-corrected chi connectivity index (χ2v) is 5.81. The Labute approximate surface area is 113 Å². The van der Waals surface area contributed by atoms with Crippen LogP contribution in [0.2, 0.25) is 0 Å². The summed E-state index contributed by atoms with van der Waals surface area (Å²) in [5.74, 6) is 5.66. The number of halogens is 1. The number of benzene rings is 1. The summed E-state index contributed by atoms with van der Waals surface area (Å²) < 4.78 is 1.24. The summed E-state index contributed by atoms with van der Waals surface area (Å²) in [6.07, 6.45) is 0. The SMILES string of the molecule is Cc1ccsc1C(NN)c1ccc(I)cc1. The third-order valence-corrected chi connectivity index (χ3v) is 4.34. The predicted molar refractivity (Wildman–Crippen MR) is 77.4 cm³/mol. The van der Waals surface area contributed by atoms with E-state index in [2.05, 4.69) is 70.7 Å². The molecule has 0 saturated carbocycles. The van der Waals surface area contributed by atoms with Crippen molar-refractivity contribution in [2.75, 3.05) is 0 Å². The predicted octanol–water partition coefficient (Wildman–Crippen LogP) is 3.21. The molecule has 0 aliphatic heterocycles. The molecule has 1 aromatic carbocycles. The first-order chi connectivity index (χ1) is 7.72.